The predicted octanol–water partition coefficient (Wildman–Crippen LogP) is 3.77. The van der Waals surface area contributed by atoms with E-state index in [9.17, 15) is 0 Å². The minimum absolute atomic E-state index is 0. The standard InChI is InChI=1S/C12H22.B/c1-3-7-11(8-4-1)12-9-5-2-6-10-12;/h11-12H,1-10H2;. The van der Waals surface area contributed by atoms with Gasteiger partial charge in [0.25, 0.3) is 0 Å². The average Bonchev–Trinajstić information content (AvgIpc) is 2.21. The minimum Gasteiger partial charge on any atom is -0.0533 e. The van der Waals surface area contributed by atoms with Gasteiger partial charge in [0, 0.05) is 8.41 Å². The summed E-state index contributed by atoms with van der Waals surface area (Å²) in [6.07, 6.45) is 15.4. The second kappa shape index (κ2) is 5.72. The average molecular weight is 177 g/mol. The zero-order valence-electron chi connectivity index (χ0n) is 8.80. The molecule has 0 nitrogen and oxygen atoms in total. The first-order valence-electron chi connectivity index (χ1n) is 5.97. The van der Waals surface area contributed by atoms with E-state index in [4.69, 9.17) is 0 Å². The van der Waals surface area contributed by atoms with Crippen molar-refractivity contribution in [1.82, 2.24) is 0 Å². The van der Waals surface area contributed by atoms with Crippen LogP contribution in [-0.2, 0) is 0 Å². The predicted molar refractivity (Wildman–Crippen MR) is 58.9 cm³/mol. The fraction of sp³-hybridized carbons (Fsp3) is 1.00. The van der Waals surface area contributed by atoms with Gasteiger partial charge in [-0.15, -0.1) is 0 Å². The maximum absolute atomic E-state index is 1.56. The van der Waals surface area contributed by atoms with Gasteiger partial charge in [-0.3, -0.25) is 0 Å². The number of hydrogen-bond donors (Lipinski definition) is 0. The van der Waals surface area contributed by atoms with Crippen molar-refractivity contribution in [1.29, 1.82) is 0 Å². The van der Waals surface area contributed by atoms with Crippen LogP contribution in [-0.4, -0.2) is 8.41 Å². The van der Waals surface area contributed by atoms with Gasteiger partial charge >= 0.3 is 0 Å². The molecule has 2 aliphatic carbocycles. The number of hydrogen-bond acceptors (Lipinski definition) is 0. The van der Waals surface area contributed by atoms with Crippen molar-refractivity contribution >= 4 is 8.41 Å². The van der Waals surface area contributed by atoms with Gasteiger partial charge in [-0.1, -0.05) is 64.2 Å². The molecule has 3 radical (unpaired) electrons. The summed E-state index contributed by atoms with van der Waals surface area (Å²) in [5.74, 6) is 2.28. The Morgan fingerprint density at radius 3 is 1.08 bits per heavy atom. The third-order valence-corrected chi connectivity index (χ3v) is 3.97. The Kier molecular flexibility index (Phi) is 4.91. The van der Waals surface area contributed by atoms with Crippen LogP contribution in [0.5, 0.6) is 0 Å². The zero-order chi connectivity index (χ0) is 8.23. The van der Waals surface area contributed by atoms with E-state index in [-0.39, 0.29) is 8.41 Å². The van der Waals surface area contributed by atoms with Crippen molar-refractivity contribution in [2.24, 2.45) is 11.8 Å². The van der Waals surface area contributed by atoms with Crippen LogP contribution >= 0.6 is 0 Å². The maximum atomic E-state index is 1.56. The van der Waals surface area contributed by atoms with Crippen LogP contribution in [0.2, 0.25) is 0 Å². The Balaban J connectivity index is 0.000000845. The highest BCUT2D eigenvalue weighted by Crippen LogP contribution is 2.37. The van der Waals surface area contributed by atoms with Crippen molar-refractivity contribution in [3.05, 3.63) is 0 Å². The summed E-state index contributed by atoms with van der Waals surface area (Å²) in [4.78, 5) is 0. The molecular formula is C12H22B. The van der Waals surface area contributed by atoms with Gasteiger partial charge in [0.05, 0.1) is 0 Å². The van der Waals surface area contributed by atoms with E-state index in [2.05, 4.69) is 0 Å². The molecule has 0 atom stereocenters. The van der Waals surface area contributed by atoms with Gasteiger partial charge < -0.3 is 0 Å². The maximum Gasteiger partial charge on any atom is 0 e. The zero-order valence-corrected chi connectivity index (χ0v) is 8.80. The third-order valence-electron chi connectivity index (χ3n) is 3.97. The molecule has 0 aliphatic heterocycles. The summed E-state index contributed by atoms with van der Waals surface area (Å²) in [6, 6.07) is 0. The third kappa shape index (κ3) is 3.04. The summed E-state index contributed by atoms with van der Waals surface area (Å²) in [5.41, 5.74) is 0. The van der Waals surface area contributed by atoms with Crippen molar-refractivity contribution in [2.45, 2.75) is 64.2 Å². The molecular weight excluding hydrogens is 155 g/mol. The summed E-state index contributed by atoms with van der Waals surface area (Å²) in [7, 11) is 0. The van der Waals surface area contributed by atoms with E-state index < -0.39 is 0 Å². The second-order valence-corrected chi connectivity index (χ2v) is 4.80. The lowest BCUT2D eigenvalue weighted by Gasteiger charge is -2.32. The molecule has 0 unspecified atom stereocenters. The highest BCUT2D eigenvalue weighted by atomic mass is 14.3. The lowest BCUT2D eigenvalue weighted by atomic mass is 9.73. The first-order valence-corrected chi connectivity index (χ1v) is 5.97. The fourth-order valence-corrected chi connectivity index (χ4v) is 3.21. The Hall–Kier alpha value is 0.0649. The molecule has 2 aliphatic rings. The first-order chi connectivity index (χ1) is 5.97. The second-order valence-electron chi connectivity index (χ2n) is 4.80. The van der Waals surface area contributed by atoms with Gasteiger partial charge in [-0.2, -0.15) is 0 Å². The lowest BCUT2D eigenvalue weighted by molar-refractivity contribution is 0.196. The van der Waals surface area contributed by atoms with Gasteiger partial charge in [0.15, 0.2) is 0 Å². The summed E-state index contributed by atoms with van der Waals surface area (Å²) in [5, 5.41) is 0. The summed E-state index contributed by atoms with van der Waals surface area (Å²) in [6.45, 7) is 0. The molecule has 0 saturated heterocycles. The molecule has 2 fully saturated rings. The summed E-state index contributed by atoms with van der Waals surface area (Å²) < 4.78 is 0. The Labute approximate surface area is 85.1 Å². The van der Waals surface area contributed by atoms with Gasteiger partial charge in [0.2, 0.25) is 0 Å². The van der Waals surface area contributed by atoms with E-state index in [0.717, 1.165) is 11.8 Å². The van der Waals surface area contributed by atoms with Crippen molar-refractivity contribution in [2.75, 3.05) is 0 Å². The Bertz CT molecular complexity index is 105. The fourth-order valence-electron chi connectivity index (χ4n) is 3.21. The topological polar surface area (TPSA) is 0 Å². The van der Waals surface area contributed by atoms with Gasteiger partial charge in [0.1, 0.15) is 0 Å². The van der Waals surface area contributed by atoms with E-state index in [1.54, 1.807) is 25.7 Å². The number of rotatable bonds is 1. The highest BCUT2D eigenvalue weighted by Gasteiger charge is 2.24. The smallest absolute Gasteiger partial charge is 0 e. The lowest BCUT2D eigenvalue weighted by Crippen LogP contribution is -2.20. The molecule has 13 heavy (non-hydrogen) atoms. The first kappa shape index (κ1) is 11.1. The van der Waals surface area contributed by atoms with Crippen LogP contribution in [0.15, 0.2) is 0 Å². The van der Waals surface area contributed by atoms with Gasteiger partial charge in [-0.25, -0.2) is 0 Å². The van der Waals surface area contributed by atoms with E-state index >= 15 is 0 Å². The Morgan fingerprint density at radius 1 is 0.462 bits per heavy atom. The highest BCUT2D eigenvalue weighted by molar-refractivity contribution is 5.75. The quantitative estimate of drug-likeness (QED) is 0.535. The molecule has 2 saturated carbocycles. The molecule has 1 heteroatoms. The Morgan fingerprint density at radius 2 is 0.769 bits per heavy atom. The molecule has 0 aromatic rings. The normalized spacial score (nSPS) is 26.8. The van der Waals surface area contributed by atoms with Gasteiger partial charge in [-0.05, 0) is 11.8 Å². The van der Waals surface area contributed by atoms with Crippen molar-refractivity contribution in [3.8, 4) is 0 Å². The molecule has 0 bridgehead atoms. The van der Waals surface area contributed by atoms with E-state index in [1.165, 1.54) is 38.5 Å². The molecule has 0 amide bonds. The minimum atomic E-state index is 0. The summed E-state index contributed by atoms with van der Waals surface area (Å²) >= 11 is 0. The van der Waals surface area contributed by atoms with Crippen LogP contribution in [0.1, 0.15) is 64.2 Å². The van der Waals surface area contributed by atoms with Crippen LogP contribution in [0.4, 0.5) is 0 Å². The van der Waals surface area contributed by atoms with E-state index in [1.807, 2.05) is 0 Å². The monoisotopic (exact) mass is 177 g/mol. The molecule has 0 spiro atoms. The SMILES string of the molecule is C1CCC(C2CCCCC2)CC1.[B]. The molecule has 2 rings (SSSR count). The molecule has 0 N–H and O–H groups in total. The van der Waals surface area contributed by atoms with Crippen LogP contribution in [0.3, 0.4) is 0 Å². The van der Waals surface area contributed by atoms with Crippen LogP contribution < -0.4 is 0 Å². The molecule has 73 valence electrons. The van der Waals surface area contributed by atoms with Crippen LogP contribution in [0, 0.1) is 11.8 Å². The molecule has 0 aromatic carbocycles. The van der Waals surface area contributed by atoms with Crippen molar-refractivity contribution in [3.63, 3.8) is 0 Å². The van der Waals surface area contributed by atoms with Crippen LogP contribution in [0.25, 0.3) is 0 Å². The largest absolute Gasteiger partial charge is 0.0533 e. The van der Waals surface area contributed by atoms with Crippen molar-refractivity contribution < 1.29 is 0 Å². The molecule has 0 aromatic heterocycles. The molecule has 0 heterocycles. The van der Waals surface area contributed by atoms with E-state index in [0.29, 0.717) is 0 Å².